The summed E-state index contributed by atoms with van der Waals surface area (Å²) in [5.41, 5.74) is 0.986. The monoisotopic (exact) mass is 340 g/mol. The number of benzene rings is 2. The number of nitrogens with one attached hydrogen (secondary N) is 1. The Morgan fingerprint density at radius 1 is 1.08 bits per heavy atom. The predicted octanol–water partition coefficient (Wildman–Crippen LogP) is 2.00. The number of ether oxygens (including phenoxy) is 1. The van der Waals surface area contributed by atoms with E-state index >= 15 is 0 Å². The molecule has 1 saturated heterocycles. The van der Waals surface area contributed by atoms with Crippen molar-refractivity contribution in [3.8, 4) is 5.75 Å². The lowest BCUT2D eigenvalue weighted by Crippen LogP contribution is -2.34. The molecule has 0 radical (unpaired) electrons. The Morgan fingerprint density at radius 3 is 2.48 bits per heavy atom. The van der Waals surface area contributed by atoms with Gasteiger partial charge < -0.3 is 10.1 Å². The predicted molar refractivity (Wildman–Crippen MR) is 92.9 cm³/mol. The zero-order valence-electron chi connectivity index (χ0n) is 14.1. The van der Waals surface area contributed by atoms with Gasteiger partial charge in [-0.05, 0) is 34.5 Å². The van der Waals surface area contributed by atoms with Crippen molar-refractivity contribution in [1.82, 2.24) is 10.2 Å². The van der Waals surface area contributed by atoms with Gasteiger partial charge in [-0.15, -0.1) is 0 Å². The van der Waals surface area contributed by atoms with Gasteiger partial charge in [0.15, 0.2) is 0 Å². The van der Waals surface area contributed by atoms with E-state index in [0.717, 1.165) is 22.1 Å². The van der Waals surface area contributed by atoms with E-state index in [4.69, 9.17) is 4.74 Å². The van der Waals surface area contributed by atoms with Gasteiger partial charge in [0.1, 0.15) is 5.75 Å². The van der Waals surface area contributed by atoms with Crippen LogP contribution in [0.4, 0.5) is 0 Å². The molecule has 6 nitrogen and oxygen atoms in total. The van der Waals surface area contributed by atoms with Gasteiger partial charge in [0.25, 0.3) is 0 Å². The molecule has 2 aromatic rings. The van der Waals surface area contributed by atoms with E-state index in [2.05, 4.69) is 5.32 Å². The summed E-state index contributed by atoms with van der Waals surface area (Å²) < 4.78 is 5.21. The fourth-order valence-corrected chi connectivity index (χ4v) is 2.88. The van der Waals surface area contributed by atoms with Crippen molar-refractivity contribution in [1.29, 1.82) is 0 Å². The van der Waals surface area contributed by atoms with E-state index in [0.29, 0.717) is 6.54 Å². The molecule has 0 spiro atoms. The summed E-state index contributed by atoms with van der Waals surface area (Å²) in [6, 6.07) is 11.8. The number of methoxy groups -OCH3 is 1. The fourth-order valence-electron chi connectivity index (χ4n) is 2.88. The minimum absolute atomic E-state index is 0.127. The number of nitrogens with zero attached hydrogens (tertiary/aromatic N) is 1. The third-order valence-electron chi connectivity index (χ3n) is 4.32. The fraction of sp³-hybridized carbons (Fsp3) is 0.316. The largest absolute Gasteiger partial charge is 0.497 e. The van der Waals surface area contributed by atoms with Crippen molar-refractivity contribution in [3.63, 3.8) is 0 Å². The summed E-state index contributed by atoms with van der Waals surface area (Å²) in [6.45, 7) is 0.559. The Hall–Kier alpha value is -2.89. The Bertz CT molecular complexity index is 815. The van der Waals surface area contributed by atoms with Crippen LogP contribution < -0.4 is 10.1 Å². The standard InChI is InChI=1S/C19H20N2O4/c1-25-16-5-4-14-10-13(2-3-15(14)11-16)12-20-17(22)8-9-21-18(23)6-7-19(21)24/h2-5,10-11H,6-9,12H2,1H3,(H,20,22). The zero-order chi connectivity index (χ0) is 17.8. The van der Waals surface area contributed by atoms with Crippen molar-refractivity contribution >= 4 is 28.5 Å². The van der Waals surface area contributed by atoms with Crippen LogP contribution in [0.2, 0.25) is 0 Å². The maximum absolute atomic E-state index is 12.0. The Labute approximate surface area is 145 Å². The number of hydrogen-bond acceptors (Lipinski definition) is 4. The van der Waals surface area contributed by atoms with Crippen molar-refractivity contribution in [3.05, 3.63) is 42.0 Å². The second-order valence-corrected chi connectivity index (χ2v) is 6.01. The number of imide groups is 1. The molecule has 130 valence electrons. The molecule has 0 saturated carbocycles. The van der Waals surface area contributed by atoms with Crippen LogP contribution in [0, 0.1) is 0 Å². The lowest BCUT2D eigenvalue weighted by atomic mass is 10.1. The van der Waals surface area contributed by atoms with Crippen LogP contribution >= 0.6 is 0 Å². The Morgan fingerprint density at radius 2 is 1.76 bits per heavy atom. The van der Waals surface area contributed by atoms with Crippen LogP contribution in [0.3, 0.4) is 0 Å². The first kappa shape index (κ1) is 17.0. The first-order chi connectivity index (χ1) is 12.1. The van der Waals surface area contributed by atoms with Crippen LogP contribution in [0.1, 0.15) is 24.8 Å². The normalized spacial score (nSPS) is 14.2. The van der Waals surface area contributed by atoms with Crippen molar-refractivity contribution in [2.24, 2.45) is 0 Å². The molecule has 1 aliphatic rings. The third-order valence-corrected chi connectivity index (χ3v) is 4.32. The summed E-state index contributed by atoms with van der Waals surface area (Å²) in [5.74, 6) is 0.243. The minimum atomic E-state index is -0.192. The number of carbonyl (C=O) groups is 3. The summed E-state index contributed by atoms with van der Waals surface area (Å²) in [5, 5.41) is 4.97. The van der Waals surface area contributed by atoms with Gasteiger partial charge >= 0.3 is 0 Å². The van der Waals surface area contributed by atoms with Crippen LogP contribution in [-0.2, 0) is 20.9 Å². The van der Waals surface area contributed by atoms with Crippen molar-refractivity contribution in [2.45, 2.75) is 25.8 Å². The van der Waals surface area contributed by atoms with Gasteiger partial charge in [0.05, 0.1) is 7.11 Å². The molecule has 0 bridgehead atoms. The average molecular weight is 340 g/mol. The molecule has 1 heterocycles. The highest BCUT2D eigenvalue weighted by molar-refractivity contribution is 6.02. The van der Waals surface area contributed by atoms with E-state index in [1.165, 1.54) is 4.90 Å². The molecule has 3 amide bonds. The van der Waals surface area contributed by atoms with Crippen LogP contribution in [0.15, 0.2) is 36.4 Å². The SMILES string of the molecule is COc1ccc2cc(CNC(=O)CCN3C(=O)CCC3=O)ccc2c1. The molecule has 0 aromatic heterocycles. The molecule has 25 heavy (non-hydrogen) atoms. The lowest BCUT2D eigenvalue weighted by molar-refractivity contribution is -0.138. The maximum atomic E-state index is 12.0. The van der Waals surface area contributed by atoms with E-state index in [-0.39, 0.29) is 43.5 Å². The van der Waals surface area contributed by atoms with E-state index < -0.39 is 0 Å². The first-order valence-electron chi connectivity index (χ1n) is 8.23. The lowest BCUT2D eigenvalue weighted by Gasteiger charge is -2.13. The highest BCUT2D eigenvalue weighted by Crippen LogP contribution is 2.21. The second-order valence-electron chi connectivity index (χ2n) is 6.01. The quantitative estimate of drug-likeness (QED) is 0.816. The van der Waals surface area contributed by atoms with Gasteiger partial charge in [-0.3, -0.25) is 19.3 Å². The summed E-state index contributed by atoms with van der Waals surface area (Å²) in [4.78, 5) is 36.1. The van der Waals surface area contributed by atoms with E-state index in [1.54, 1.807) is 7.11 Å². The van der Waals surface area contributed by atoms with E-state index in [1.807, 2.05) is 36.4 Å². The third kappa shape index (κ3) is 3.96. The summed E-state index contributed by atoms with van der Waals surface area (Å²) in [6.07, 6.45) is 0.632. The average Bonchev–Trinajstić information content (AvgIpc) is 2.95. The Kier molecular flexibility index (Phi) is 4.97. The Balaban J connectivity index is 1.54. The molecule has 2 aromatic carbocycles. The molecule has 6 heteroatoms. The number of hydrogen-bond donors (Lipinski definition) is 1. The molecule has 1 aliphatic heterocycles. The summed E-state index contributed by atoms with van der Waals surface area (Å²) in [7, 11) is 1.63. The van der Waals surface area contributed by atoms with Gasteiger partial charge in [-0.25, -0.2) is 0 Å². The molecule has 1 N–H and O–H groups in total. The number of fused-ring (bicyclic) bond motifs is 1. The maximum Gasteiger partial charge on any atom is 0.229 e. The molecular formula is C19H20N2O4. The smallest absolute Gasteiger partial charge is 0.229 e. The number of rotatable bonds is 6. The van der Waals surface area contributed by atoms with Gasteiger partial charge in [0, 0.05) is 32.4 Å². The topological polar surface area (TPSA) is 75.7 Å². The second kappa shape index (κ2) is 7.34. The van der Waals surface area contributed by atoms with Crippen LogP contribution in [-0.4, -0.2) is 36.3 Å². The van der Waals surface area contributed by atoms with Gasteiger partial charge in [-0.2, -0.15) is 0 Å². The highest BCUT2D eigenvalue weighted by atomic mass is 16.5. The molecule has 3 rings (SSSR count). The number of amides is 3. The zero-order valence-corrected chi connectivity index (χ0v) is 14.1. The summed E-state index contributed by atoms with van der Waals surface area (Å²) >= 11 is 0. The number of likely N-dealkylation sites (tertiary alicyclic amines) is 1. The van der Waals surface area contributed by atoms with Crippen LogP contribution in [0.25, 0.3) is 10.8 Å². The molecule has 0 unspecified atom stereocenters. The van der Waals surface area contributed by atoms with Gasteiger partial charge in [-0.1, -0.05) is 18.2 Å². The van der Waals surface area contributed by atoms with Gasteiger partial charge in [0.2, 0.25) is 17.7 Å². The van der Waals surface area contributed by atoms with Crippen molar-refractivity contribution in [2.75, 3.05) is 13.7 Å². The van der Waals surface area contributed by atoms with Crippen LogP contribution in [0.5, 0.6) is 5.75 Å². The molecular weight excluding hydrogens is 320 g/mol. The molecule has 0 atom stereocenters. The van der Waals surface area contributed by atoms with E-state index in [9.17, 15) is 14.4 Å². The molecule has 0 aliphatic carbocycles. The highest BCUT2D eigenvalue weighted by Gasteiger charge is 2.28. The molecule has 1 fully saturated rings. The number of carbonyl (C=O) groups excluding carboxylic acids is 3. The first-order valence-corrected chi connectivity index (χ1v) is 8.23. The van der Waals surface area contributed by atoms with Crippen molar-refractivity contribution < 1.29 is 19.1 Å². The minimum Gasteiger partial charge on any atom is -0.497 e.